The molecule has 6 heteroatoms. The fourth-order valence-corrected chi connectivity index (χ4v) is 3.64. The van der Waals surface area contributed by atoms with Crippen molar-refractivity contribution >= 4 is 17.2 Å². The Morgan fingerprint density at radius 3 is 3.05 bits per heavy atom. The molecule has 1 aliphatic rings. The molecule has 0 aromatic carbocycles. The lowest BCUT2D eigenvalue weighted by atomic mass is 10.1. The predicted molar refractivity (Wildman–Crippen MR) is 83.3 cm³/mol. The number of piperazine rings is 1. The van der Waals surface area contributed by atoms with E-state index in [0.29, 0.717) is 6.42 Å². The van der Waals surface area contributed by atoms with Gasteiger partial charge in [-0.1, -0.05) is 0 Å². The first kappa shape index (κ1) is 14.3. The van der Waals surface area contributed by atoms with Gasteiger partial charge in [-0.25, -0.2) is 4.98 Å². The molecule has 0 radical (unpaired) electrons. The highest BCUT2D eigenvalue weighted by Crippen LogP contribution is 2.23. The van der Waals surface area contributed by atoms with Gasteiger partial charge in [0.05, 0.1) is 6.42 Å². The molecule has 1 saturated heterocycles. The van der Waals surface area contributed by atoms with Gasteiger partial charge < -0.3 is 14.8 Å². The van der Waals surface area contributed by atoms with Crippen molar-refractivity contribution < 1.29 is 4.79 Å². The maximum Gasteiger partial charge on any atom is 0.228 e. The van der Waals surface area contributed by atoms with Crippen LogP contribution in [0.5, 0.6) is 0 Å². The number of aromatic nitrogens is 2. The van der Waals surface area contributed by atoms with E-state index in [1.165, 1.54) is 4.88 Å². The molecule has 5 nitrogen and oxygen atoms in total. The largest absolute Gasteiger partial charge is 0.336 e. The lowest BCUT2D eigenvalue weighted by Crippen LogP contribution is -2.49. The number of nitrogens with one attached hydrogen (secondary N) is 1. The Labute approximate surface area is 128 Å². The smallest absolute Gasteiger partial charge is 0.228 e. The molecule has 21 heavy (non-hydrogen) atoms. The van der Waals surface area contributed by atoms with Gasteiger partial charge in [-0.15, -0.1) is 11.3 Å². The summed E-state index contributed by atoms with van der Waals surface area (Å²) in [6.07, 6.45) is 4.20. The fourth-order valence-electron chi connectivity index (χ4n) is 2.76. The van der Waals surface area contributed by atoms with Crippen molar-refractivity contribution in [3.8, 4) is 0 Å². The van der Waals surface area contributed by atoms with E-state index in [0.717, 1.165) is 30.3 Å². The molecule has 1 aliphatic heterocycles. The molecule has 1 N–H and O–H groups in total. The lowest BCUT2D eigenvalue weighted by Gasteiger charge is -2.35. The first-order chi connectivity index (χ1) is 10.1. The van der Waals surface area contributed by atoms with Crippen LogP contribution in [0.25, 0.3) is 0 Å². The molecule has 3 rings (SSSR count). The van der Waals surface area contributed by atoms with Gasteiger partial charge in [0.25, 0.3) is 0 Å². The number of imidazole rings is 1. The summed E-state index contributed by atoms with van der Waals surface area (Å²) >= 11 is 1.70. The monoisotopic (exact) mass is 304 g/mol. The topological polar surface area (TPSA) is 50.2 Å². The third kappa shape index (κ3) is 3.01. The Hall–Kier alpha value is -1.66. The van der Waals surface area contributed by atoms with E-state index < -0.39 is 0 Å². The minimum Gasteiger partial charge on any atom is -0.336 e. The summed E-state index contributed by atoms with van der Waals surface area (Å²) < 4.78 is 1.99. The number of nitrogens with zero attached hydrogens (tertiary/aromatic N) is 3. The van der Waals surface area contributed by atoms with E-state index in [-0.39, 0.29) is 11.9 Å². The van der Waals surface area contributed by atoms with Gasteiger partial charge in [-0.3, -0.25) is 4.79 Å². The number of hydrogen-bond acceptors (Lipinski definition) is 4. The van der Waals surface area contributed by atoms with Crippen molar-refractivity contribution in [2.75, 3.05) is 19.6 Å². The van der Waals surface area contributed by atoms with E-state index in [2.05, 4.69) is 29.4 Å². The number of amides is 1. The summed E-state index contributed by atoms with van der Waals surface area (Å²) in [5, 5.41) is 3.36. The molecule has 0 aliphatic carbocycles. The summed E-state index contributed by atoms with van der Waals surface area (Å²) in [6.45, 7) is 4.41. The van der Waals surface area contributed by atoms with Crippen molar-refractivity contribution in [1.82, 2.24) is 19.8 Å². The zero-order valence-corrected chi connectivity index (χ0v) is 13.2. The molecule has 2 aromatic rings. The van der Waals surface area contributed by atoms with Crippen molar-refractivity contribution in [3.63, 3.8) is 0 Å². The highest BCUT2D eigenvalue weighted by Gasteiger charge is 2.30. The first-order valence-electron chi connectivity index (χ1n) is 7.18. The van der Waals surface area contributed by atoms with Crippen LogP contribution in [0.2, 0.25) is 0 Å². The van der Waals surface area contributed by atoms with Crippen LogP contribution in [0.4, 0.5) is 0 Å². The van der Waals surface area contributed by atoms with Gasteiger partial charge in [-0.2, -0.15) is 0 Å². The number of aryl methyl sites for hydroxylation is 2. The van der Waals surface area contributed by atoms with Gasteiger partial charge in [0.1, 0.15) is 11.9 Å². The third-order valence-corrected chi connectivity index (χ3v) is 4.84. The Morgan fingerprint density at radius 1 is 1.52 bits per heavy atom. The van der Waals surface area contributed by atoms with E-state index >= 15 is 0 Å². The maximum atomic E-state index is 12.7. The summed E-state index contributed by atoms with van der Waals surface area (Å²) in [5.74, 6) is 1.13. The van der Waals surface area contributed by atoms with E-state index in [1.807, 2.05) is 22.7 Å². The molecule has 1 unspecified atom stereocenters. The molecule has 1 amide bonds. The van der Waals surface area contributed by atoms with Crippen molar-refractivity contribution in [2.45, 2.75) is 19.4 Å². The van der Waals surface area contributed by atoms with Gasteiger partial charge in [0, 0.05) is 48.8 Å². The number of thiophene rings is 1. The Morgan fingerprint density at radius 2 is 2.38 bits per heavy atom. The molecular weight excluding hydrogens is 284 g/mol. The minimum absolute atomic E-state index is 0.0207. The molecule has 112 valence electrons. The summed E-state index contributed by atoms with van der Waals surface area (Å²) in [6, 6.07) is 4.14. The van der Waals surface area contributed by atoms with Gasteiger partial charge in [0.2, 0.25) is 5.91 Å². The van der Waals surface area contributed by atoms with Gasteiger partial charge in [-0.05, 0) is 19.1 Å². The van der Waals surface area contributed by atoms with Gasteiger partial charge >= 0.3 is 0 Å². The highest BCUT2D eigenvalue weighted by molar-refractivity contribution is 7.12. The average molecular weight is 304 g/mol. The van der Waals surface area contributed by atoms with E-state index in [9.17, 15) is 4.79 Å². The standard InChI is InChI=1S/C15H20N4OS/c1-11-3-4-12(21-11)9-14(20)19-8-5-16-10-13(19)15-17-6-7-18(15)2/h3-4,6-7,13,16H,5,8-10H2,1-2H3. The van der Waals surface area contributed by atoms with Crippen LogP contribution >= 0.6 is 11.3 Å². The predicted octanol–water partition coefficient (Wildman–Crippen LogP) is 1.51. The van der Waals surface area contributed by atoms with E-state index in [4.69, 9.17) is 0 Å². The first-order valence-corrected chi connectivity index (χ1v) is 7.99. The van der Waals surface area contributed by atoms with Gasteiger partial charge in [0.15, 0.2) is 0 Å². The second-order valence-electron chi connectivity index (χ2n) is 5.39. The lowest BCUT2D eigenvalue weighted by molar-refractivity contribution is -0.134. The SMILES string of the molecule is Cc1ccc(CC(=O)N2CCNCC2c2nccn2C)s1. The summed E-state index contributed by atoms with van der Waals surface area (Å²) in [7, 11) is 1.97. The maximum absolute atomic E-state index is 12.7. The average Bonchev–Trinajstić information content (AvgIpc) is 3.07. The fraction of sp³-hybridized carbons (Fsp3) is 0.467. The molecule has 0 bridgehead atoms. The van der Waals surface area contributed by atoms with Crippen molar-refractivity contribution in [2.24, 2.45) is 7.05 Å². The van der Waals surface area contributed by atoms with Crippen LogP contribution in [0.15, 0.2) is 24.5 Å². The molecular formula is C15H20N4OS. The number of carbonyl (C=O) groups is 1. The quantitative estimate of drug-likeness (QED) is 0.935. The van der Waals surface area contributed by atoms with Crippen LogP contribution < -0.4 is 5.32 Å². The molecule has 0 saturated carbocycles. The molecule has 1 fully saturated rings. The zero-order valence-electron chi connectivity index (χ0n) is 12.4. The number of carbonyl (C=O) groups excluding carboxylic acids is 1. The Kier molecular flexibility index (Phi) is 4.07. The molecule has 2 aromatic heterocycles. The number of rotatable bonds is 3. The minimum atomic E-state index is 0.0207. The zero-order chi connectivity index (χ0) is 14.8. The second kappa shape index (κ2) is 5.99. The Bertz CT molecular complexity index is 633. The third-order valence-electron chi connectivity index (χ3n) is 3.84. The van der Waals surface area contributed by atoms with Crippen LogP contribution in [-0.2, 0) is 18.3 Å². The van der Waals surface area contributed by atoms with E-state index in [1.54, 1.807) is 17.5 Å². The summed E-state index contributed by atoms with van der Waals surface area (Å²) in [4.78, 5) is 21.4. The molecule has 1 atom stereocenters. The molecule has 3 heterocycles. The van der Waals surface area contributed by atoms with Crippen molar-refractivity contribution in [3.05, 3.63) is 40.1 Å². The second-order valence-corrected chi connectivity index (χ2v) is 6.76. The van der Waals surface area contributed by atoms with Crippen LogP contribution in [0.3, 0.4) is 0 Å². The van der Waals surface area contributed by atoms with Crippen molar-refractivity contribution in [1.29, 1.82) is 0 Å². The van der Waals surface area contributed by atoms with Crippen LogP contribution in [0.1, 0.15) is 21.6 Å². The highest BCUT2D eigenvalue weighted by atomic mass is 32.1. The number of hydrogen-bond donors (Lipinski definition) is 1. The normalized spacial score (nSPS) is 19.0. The Balaban J connectivity index is 1.77. The molecule has 0 spiro atoms. The van der Waals surface area contributed by atoms with Crippen LogP contribution in [-0.4, -0.2) is 40.0 Å². The summed E-state index contributed by atoms with van der Waals surface area (Å²) in [5.41, 5.74) is 0. The van der Waals surface area contributed by atoms with Crippen LogP contribution in [0, 0.1) is 6.92 Å².